The van der Waals surface area contributed by atoms with Gasteiger partial charge in [0.05, 0.1) is 0 Å². The van der Waals surface area contributed by atoms with E-state index in [4.69, 9.17) is 15.9 Å². The summed E-state index contributed by atoms with van der Waals surface area (Å²) >= 11 is 0. The van der Waals surface area contributed by atoms with Crippen LogP contribution in [-0.4, -0.2) is 10.9 Å². The molecular weight excluding hydrogens is 216 g/mol. The van der Waals surface area contributed by atoms with Gasteiger partial charge in [0.2, 0.25) is 0 Å². The molecule has 1 aliphatic carbocycles. The van der Waals surface area contributed by atoms with Crippen molar-refractivity contribution < 1.29 is 4.42 Å². The third-order valence-electron chi connectivity index (χ3n) is 3.07. The lowest BCUT2D eigenvalue weighted by Crippen LogP contribution is -2.21. The highest BCUT2D eigenvalue weighted by atomic mass is 16.4. The fourth-order valence-corrected chi connectivity index (χ4v) is 2.30. The van der Waals surface area contributed by atoms with Crippen molar-refractivity contribution in [3.63, 3.8) is 0 Å². The van der Waals surface area contributed by atoms with Crippen LogP contribution in [0.4, 0.5) is 6.01 Å². The molecule has 0 saturated carbocycles. The van der Waals surface area contributed by atoms with Gasteiger partial charge in [0.25, 0.3) is 0 Å². The Bertz CT molecular complexity index is 553. The van der Waals surface area contributed by atoms with Crippen LogP contribution >= 0.6 is 0 Å². The molecule has 4 N–H and O–H groups in total. The number of hydrogen-bond acceptors (Lipinski definition) is 3. The van der Waals surface area contributed by atoms with E-state index in [-0.39, 0.29) is 12.0 Å². The number of nitrogens with two attached hydrogens (primary N) is 2. The molecule has 0 fully saturated rings. The molecule has 3 rings (SSSR count). The lowest BCUT2D eigenvalue weighted by Gasteiger charge is -2.14. The van der Waals surface area contributed by atoms with Gasteiger partial charge in [-0.25, -0.2) is 0 Å². The number of rotatable bonds is 1. The van der Waals surface area contributed by atoms with Gasteiger partial charge < -0.3 is 15.9 Å². The third-order valence-corrected chi connectivity index (χ3v) is 3.07. The first kappa shape index (κ1) is 10.1. The van der Waals surface area contributed by atoms with Crippen LogP contribution in [0, 0.1) is 0 Å². The Kier molecular flexibility index (Phi) is 2.24. The molecule has 1 heterocycles. The predicted octanol–water partition coefficient (Wildman–Crippen LogP) is 1.61. The monoisotopic (exact) mass is 230 g/mol. The highest BCUT2D eigenvalue weighted by Gasteiger charge is 2.13. The molecule has 0 spiro atoms. The lowest BCUT2D eigenvalue weighted by molar-refractivity contribution is 0.611. The number of aryl methyl sites for hydroxylation is 2. The number of oxazole rings is 1. The highest BCUT2D eigenvalue weighted by Crippen LogP contribution is 2.28. The minimum Gasteiger partial charge on any atom is -0.422 e. The van der Waals surface area contributed by atoms with Gasteiger partial charge in [-0.15, -0.1) is 0 Å². The summed E-state index contributed by atoms with van der Waals surface area (Å²) in [5.41, 5.74) is 14.9. The Balaban J connectivity index is 2.13. The van der Waals surface area contributed by atoms with E-state index in [9.17, 15) is 0 Å². The first-order valence-corrected chi connectivity index (χ1v) is 5.74. The maximum Gasteiger partial charge on any atom is 0.325 e. The van der Waals surface area contributed by atoms with Crippen molar-refractivity contribution >= 4 is 23.1 Å². The first-order valence-electron chi connectivity index (χ1n) is 5.74. The maximum absolute atomic E-state index is 5.49. The summed E-state index contributed by atoms with van der Waals surface area (Å²) in [6, 6.07) is 4.36. The summed E-state index contributed by atoms with van der Waals surface area (Å²) in [6.07, 6.45) is 4.73. The Morgan fingerprint density at radius 3 is 2.59 bits per heavy atom. The van der Waals surface area contributed by atoms with Gasteiger partial charge in [-0.3, -0.25) is 0 Å². The van der Waals surface area contributed by atoms with Gasteiger partial charge in [-0.05, 0) is 48.9 Å². The van der Waals surface area contributed by atoms with Crippen LogP contribution in [-0.2, 0) is 12.8 Å². The van der Waals surface area contributed by atoms with Crippen molar-refractivity contribution in [2.75, 3.05) is 0 Å². The molecule has 17 heavy (non-hydrogen) atoms. The van der Waals surface area contributed by atoms with Crippen molar-refractivity contribution in [3.05, 3.63) is 23.3 Å². The van der Waals surface area contributed by atoms with E-state index in [1.807, 2.05) is 0 Å². The van der Waals surface area contributed by atoms with Crippen LogP contribution in [0.5, 0.6) is 0 Å². The Morgan fingerprint density at radius 1 is 1.18 bits per heavy atom. The highest BCUT2D eigenvalue weighted by molar-refractivity contribution is 5.80. The van der Waals surface area contributed by atoms with Crippen LogP contribution < -0.4 is 11.5 Å². The largest absolute Gasteiger partial charge is 0.422 e. The zero-order valence-electron chi connectivity index (χ0n) is 9.44. The van der Waals surface area contributed by atoms with E-state index in [0.29, 0.717) is 0 Å². The number of aromatic nitrogens is 1. The molecule has 1 aromatic heterocycles. The molecule has 0 amide bonds. The van der Waals surface area contributed by atoms with E-state index in [1.54, 1.807) is 0 Å². The average molecular weight is 230 g/mol. The molecular formula is C12H14N4O. The molecule has 2 aromatic rings. The summed E-state index contributed by atoms with van der Waals surface area (Å²) in [4.78, 5) is 8.06. The van der Waals surface area contributed by atoms with Crippen molar-refractivity contribution in [1.82, 2.24) is 4.98 Å². The predicted molar refractivity (Wildman–Crippen MR) is 66.1 cm³/mol. The second-order valence-corrected chi connectivity index (χ2v) is 4.33. The van der Waals surface area contributed by atoms with E-state index in [1.165, 1.54) is 24.0 Å². The van der Waals surface area contributed by atoms with E-state index in [2.05, 4.69) is 22.1 Å². The Hall–Kier alpha value is -2.04. The van der Waals surface area contributed by atoms with Crippen molar-refractivity contribution in [2.45, 2.75) is 25.7 Å². The van der Waals surface area contributed by atoms with Crippen LogP contribution in [0.25, 0.3) is 11.1 Å². The minimum absolute atomic E-state index is 0.0404. The van der Waals surface area contributed by atoms with Gasteiger partial charge in [-0.1, -0.05) is 0 Å². The van der Waals surface area contributed by atoms with Gasteiger partial charge in [0, 0.05) is 0 Å². The smallest absolute Gasteiger partial charge is 0.325 e. The molecule has 0 aliphatic heterocycles. The van der Waals surface area contributed by atoms with Crippen LogP contribution in [0.3, 0.4) is 0 Å². The van der Waals surface area contributed by atoms with Gasteiger partial charge >= 0.3 is 6.01 Å². The molecule has 0 bridgehead atoms. The standard InChI is InChI=1S/C12H14N4O/c13-11(14)16-12-15-9-5-7-3-1-2-4-8(7)6-10(9)17-12/h5-6H,1-4H2,(H4,13,14,15,16). The SMILES string of the molecule is NC(N)=Nc1nc2cc3c(cc2o1)CCCC3. The molecule has 0 atom stereocenters. The molecule has 1 aliphatic rings. The second-order valence-electron chi connectivity index (χ2n) is 4.33. The number of benzene rings is 1. The average Bonchev–Trinajstić information content (AvgIpc) is 2.65. The zero-order valence-corrected chi connectivity index (χ0v) is 9.44. The third kappa shape index (κ3) is 1.84. The fraction of sp³-hybridized carbons (Fsp3) is 0.333. The normalized spacial score (nSPS) is 14.6. The van der Waals surface area contributed by atoms with Gasteiger partial charge in [0.1, 0.15) is 5.52 Å². The van der Waals surface area contributed by atoms with E-state index < -0.39 is 0 Å². The van der Waals surface area contributed by atoms with Crippen molar-refractivity contribution in [1.29, 1.82) is 0 Å². The summed E-state index contributed by atoms with van der Waals surface area (Å²) in [5.74, 6) is -0.0404. The topological polar surface area (TPSA) is 90.4 Å². The summed E-state index contributed by atoms with van der Waals surface area (Å²) in [6.45, 7) is 0. The summed E-state index contributed by atoms with van der Waals surface area (Å²) in [7, 11) is 0. The summed E-state index contributed by atoms with van der Waals surface area (Å²) in [5, 5.41) is 0. The molecule has 1 aromatic carbocycles. The number of nitrogens with zero attached hydrogens (tertiary/aromatic N) is 2. The second kappa shape index (κ2) is 3.76. The van der Waals surface area contributed by atoms with E-state index >= 15 is 0 Å². The van der Waals surface area contributed by atoms with Gasteiger partial charge in [-0.2, -0.15) is 9.98 Å². The molecule has 5 heteroatoms. The molecule has 0 saturated heterocycles. The van der Waals surface area contributed by atoms with Gasteiger partial charge in [0.15, 0.2) is 11.5 Å². The van der Waals surface area contributed by atoms with E-state index in [0.717, 1.165) is 23.9 Å². The number of aliphatic imine (C=N–C) groups is 1. The molecule has 0 radical (unpaired) electrons. The Morgan fingerprint density at radius 2 is 1.88 bits per heavy atom. The number of guanidine groups is 1. The number of hydrogen-bond donors (Lipinski definition) is 2. The Labute approximate surface area is 98.5 Å². The van der Waals surface area contributed by atoms with Crippen molar-refractivity contribution in [3.8, 4) is 0 Å². The fourth-order valence-electron chi connectivity index (χ4n) is 2.30. The quantitative estimate of drug-likeness (QED) is 0.575. The van der Waals surface area contributed by atoms with Crippen LogP contribution in [0.2, 0.25) is 0 Å². The minimum atomic E-state index is -0.0404. The lowest BCUT2D eigenvalue weighted by atomic mass is 9.91. The number of fused-ring (bicyclic) bond motifs is 2. The molecule has 5 nitrogen and oxygen atoms in total. The zero-order chi connectivity index (χ0) is 11.8. The van der Waals surface area contributed by atoms with Crippen molar-refractivity contribution in [2.24, 2.45) is 16.5 Å². The molecule has 0 unspecified atom stereocenters. The maximum atomic E-state index is 5.49. The summed E-state index contributed by atoms with van der Waals surface area (Å²) < 4.78 is 5.49. The molecule has 88 valence electrons. The van der Waals surface area contributed by atoms with Crippen LogP contribution in [0.15, 0.2) is 21.5 Å². The first-order chi connectivity index (χ1) is 8.22. The van der Waals surface area contributed by atoms with Crippen LogP contribution in [0.1, 0.15) is 24.0 Å².